The summed E-state index contributed by atoms with van der Waals surface area (Å²) in [5.74, 6) is 3.17. The van der Waals surface area contributed by atoms with Gasteiger partial charge < -0.3 is 15.5 Å². The van der Waals surface area contributed by atoms with Gasteiger partial charge in [-0.1, -0.05) is 6.07 Å². The van der Waals surface area contributed by atoms with Gasteiger partial charge >= 0.3 is 0 Å². The number of nitrogens with one attached hydrogen (secondary N) is 1. The van der Waals surface area contributed by atoms with E-state index in [1.54, 1.807) is 0 Å². The van der Waals surface area contributed by atoms with Gasteiger partial charge in [0, 0.05) is 6.54 Å². The Kier molecular flexibility index (Phi) is 3.97. The first-order chi connectivity index (χ1) is 11.1. The van der Waals surface area contributed by atoms with Crippen molar-refractivity contribution in [1.29, 1.82) is 0 Å². The Morgan fingerprint density at radius 2 is 1.74 bits per heavy atom. The molecule has 1 atom stereocenters. The standard InChI is InChI=1S/C19H26ClNO2/c20-10-16(22)11-21-17-6-15(1-2-18(17)23)19-7-12-3-13(8-19)5-14(4-12)9-19/h1-2,6,12-14,16,21-23H,3-5,7-11H2. The molecule has 0 heterocycles. The molecule has 4 aliphatic rings. The Balaban J connectivity index is 1.59. The van der Waals surface area contributed by atoms with E-state index in [1.165, 1.54) is 44.1 Å². The van der Waals surface area contributed by atoms with Crippen LogP contribution >= 0.6 is 11.6 Å². The van der Waals surface area contributed by atoms with Crippen molar-refractivity contribution in [3.8, 4) is 5.75 Å². The zero-order valence-corrected chi connectivity index (χ0v) is 14.2. The molecule has 0 radical (unpaired) electrons. The van der Waals surface area contributed by atoms with E-state index in [0.717, 1.165) is 23.4 Å². The fourth-order valence-electron chi connectivity index (χ4n) is 5.75. The highest BCUT2D eigenvalue weighted by Gasteiger charge is 2.51. The zero-order valence-electron chi connectivity index (χ0n) is 13.5. The number of hydrogen-bond acceptors (Lipinski definition) is 3. The molecule has 0 amide bonds. The van der Waals surface area contributed by atoms with Gasteiger partial charge in [-0.25, -0.2) is 0 Å². The van der Waals surface area contributed by atoms with Crippen molar-refractivity contribution < 1.29 is 10.2 Å². The maximum atomic E-state index is 10.1. The Hall–Kier alpha value is -0.930. The average molecular weight is 336 g/mol. The molecule has 126 valence electrons. The van der Waals surface area contributed by atoms with E-state index in [9.17, 15) is 10.2 Å². The summed E-state index contributed by atoms with van der Waals surface area (Å²) in [4.78, 5) is 0. The number of alkyl halides is 1. The normalized spacial score (nSPS) is 36.2. The van der Waals surface area contributed by atoms with Crippen LogP contribution in [-0.2, 0) is 5.41 Å². The summed E-state index contributed by atoms with van der Waals surface area (Å²) in [5.41, 5.74) is 2.42. The SMILES string of the molecule is Oc1ccc(C23CC4CC(CC(C4)C2)C3)cc1NCC(O)CCl. The molecule has 4 aliphatic carbocycles. The molecule has 1 unspecified atom stereocenters. The van der Waals surface area contributed by atoms with E-state index in [2.05, 4.69) is 17.4 Å². The van der Waals surface area contributed by atoms with Gasteiger partial charge in [0.15, 0.2) is 0 Å². The number of phenols is 1. The highest BCUT2D eigenvalue weighted by atomic mass is 35.5. The quantitative estimate of drug-likeness (QED) is 0.565. The van der Waals surface area contributed by atoms with E-state index >= 15 is 0 Å². The second kappa shape index (κ2) is 5.86. The van der Waals surface area contributed by atoms with E-state index in [1.807, 2.05) is 6.07 Å². The van der Waals surface area contributed by atoms with Gasteiger partial charge in [-0.3, -0.25) is 0 Å². The maximum Gasteiger partial charge on any atom is 0.138 e. The first kappa shape index (κ1) is 15.6. The summed E-state index contributed by atoms with van der Waals surface area (Å²) in [5, 5.41) is 22.9. The van der Waals surface area contributed by atoms with Gasteiger partial charge in [0.25, 0.3) is 0 Å². The average Bonchev–Trinajstić information content (AvgIpc) is 2.52. The number of hydrogen-bond donors (Lipinski definition) is 3. The molecule has 0 saturated heterocycles. The van der Waals surface area contributed by atoms with Crippen molar-refractivity contribution in [3.63, 3.8) is 0 Å². The van der Waals surface area contributed by atoms with Crippen molar-refractivity contribution in [3.05, 3.63) is 23.8 Å². The topological polar surface area (TPSA) is 52.5 Å². The molecule has 4 saturated carbocycles. The molecule has 4 fully saturated rings. The van der Waals surface area contributed by atoms with Crippen LogP contribution < -0.4 is 5.32 Å². The molecule has 0 aliphatic heterocycles. The van der Waals surface area contributed by atoms with Crippen molar-refractivity contribution in [2.75, 3.05) is 17.7 Å². The van der Waals surface area contributed by atoms with Crippen LogP contribution in [0, 0.1) is 17.8 Å². The van der Waals surface area contributed by atoms with Gasteiger partial charge in [0.2, 0.25) is 0 Å². The summed E-state index contributed by atoms with van der Waals surface area (Å²) >= 11 is 5.65. The number of aromatic hydroxyl groups is 1. The predicted molar refractivity (Wildman–Crippen MR) is 93.2 cm³/mol. The Morgan fingerprint density at radius 1 is 1.13 bits per heavy atom. The van der Waals surface area contributed by atoms with Crippen LogP contribution in [-0.4, -0.2) is 28.7 Å². The minimum absolute atomic E-state index is 0.197. The smallest absolute Gasteiger partial charge is 0.138 e. The van der Waals surface area contributed by atoms with Crippen LogP contribution in [0.2, 0.25) is 0 Å². The molecule has 1 aromatic carbocycles. The van der Waals surface area contributed by atoms with Gasteiger partial charge in [-0.15, -0.1) is 11.6 Å². The minimum Gasteiger partial charge on any atom is -0.506 e. The van der Waals surface area contributed by atoms with Crippen LogP contribution in [0.3, 0.4) is 0 Å². The van der Waals surface area contributed by atoms with E-state index in [-0.39, 0.29) is 11.6 Å². The van der Waals surface area contributed by atoms with E-state index in [4.69, 9.17) is 11.6 Å². The molecule has 3 nitrogen and oxygen atoms in total. The second-order valence-electron chi connectivity index (χ2n) is 8.12. The third-order valence-electron chi connectivity index (χ3n) is 6.35. The molecule has 4 heteroatoms. The van der Waals surface area contributed by atoms with Gasteiger partial charge in [0.1, 0.15) is 5.75 Å². The van der Waals surface area contributed by atoms with Crippen LogP contribution in [0.25, 0.3) is 0 Å². The Labute approximate surface area is 143 Å². The summed E-state index contributed by atoms with van der Waals surface area (Å²) in [6, 6.07) is 6.04. The van der Waals surface area contributed by atoms with Crippen molar-refractivity contribution >= 4 is 17.3 Å². The summed E-state index contributed by atoms with van der Waals surface area (Å²) in [7, 11) is 0. The zero-order chi connectivity index (χ0) is 16.0. The van der Waals surface area contributed by atoms with Crippen molar-refractivity contribution in [1.82, 2.24) is 0 Å². The highest BCUT2D eigenvalue weighted by molar-refractivity contribution is 6.18. The van der Waals surface area contributed by atoms with Crippen LogP contribution in [0.1, 0.15) is 44.1 Å². The van der Waals surface area contributed by atoms with Crippen molar-refractivity contribution in [2.24, 2.45) is 17.8 Å². The summed E-state index contributed by atoms with van der Waals surface area (Å²) in [6.45, 7) is 0.362. The van der Waals surface area contributed by atoms with Crippen LogP contribution in [0.5, 0.6) is 5.75 Å². The lowest BCUT2D eigenvalue weighted by molar-refractivity contribution is -0.00517. The molecular formula is C19H26ClNO2. The predicted octanol–water partition coefficient (Wildman–Crippen LogP) is 3.87. The Bertz CT molecular complexity index is 553. The van der Waals surface area contributed by atoms with Crippen LogP contribution in [0.4, 0.5) is 5.69 Å². The number of halogens is 1. The van der Waals surface area contributed by atoms with Gasteiger partial charge in [-0.2, -0.15) is 0 Å². The number of phenolic OH excluding ortho intramolecular Hbond substituents is 1. The molecule has 0 spiro atoms. The first-order valence-corrected chi connectivity index (χ1v) is 9.43. The molecule has 0 aromatic heterocycles. The number of rotatable bonds is 5. The summed E-state index contributed by atoms with van der Waals surface area (Å²) in [6.07, 6.45) is 7.65. The third-order valence-corrected chi connectivity index (χ3v) is 6.71. The Morgan fingerprint density at radius 3 is 2.30 bits per heavy atom. The monoisotopic (exact) mass is 335 g/mol. The lowest BCUT2D eigenvalue weighted by atomic mass is 9.48. The first-order valence-electron chi connectivity index (χ1n) is 8.89. The molecular weight excluding hydrogens is 310 g/mol. The molecule has 3 N–H and O–H groups in total. The second-order valence-corrected chi connectivity index (χ2v) is 8.43. The van der Waals surface area contributed by atoms with Crippen molar-refractivity contribution in [2.45, 2.75) is 50.0 Å². The number of anilines is 1. The fourth-order valence-corrected chi connectivity index (χ4v) is 5.86. The van der Waals surface area contributed by atoms with E-state index < -0.39 is 6.10 Å². The fraction of sp³-hybridized carbons (Fsp3) is 0.684. The lowest BCUT2D eigenvalue weighted by Gasteiger charge is -2.57. The lowest BCUT2D eigenvalue weighted by Crippen LogP contribution is -2.48. The minimum atomic E-state index is -0.598. The number of aliphatic hydroxyl groups excluding tert-OH is 1. The number of aliphatic hydroxyl groups is 1. The number of benzene rings is 1. The molecule has 1 aromatic rings. The van der Waals surface area contributed by atoms with E-state index in [0.29, 0.717) is 12.0 Å². The maximum absolute atomic E-state index is 10.1. The molecule has 23 heavy (non-hydrogen) atoms. The van der Waals surface area contributed by atoms with Gasteiger partial charge in [-0.05, 0) is 79.4 Å². The van der Waals surface area contributed by atoms with Gasteiger partial charge in [0.05, 0.1) is 17.7 Å². The molecule has 4 bridgehead atoms. The molecule has 5 rings (SSSR count). The summed E-state index contributed by atoms with van der Waals surface area (Å²) < 4.78 is 0. The largest absolute Gasteiger partial charge is 0.506 e. The highest BCUT2D eigenvalue weighted by Crippen LogP contribution is 2.61. The third kappa shape index (κ3) is 2.83. The van der Waals surface area contributed by atoms with Crippen LogP contribution in [0.15, 0.2) is 18.2 Å².